The van der Waals surface area contributed by atoms with Crippen molar-refractivity contribution < 1.29 is 23.9 Å². The zero-order chi connectivity index (χ0) is 21.7. The highest BCUT2D eigenvalue weighted by atomic mass is 16.6. The van der Waals surface area contributed by atoms with Crippen LogP contribution in [0, 0.1) is 0 Å². The van der Waals surface area contributed by atoms with Crippen LogP contribution in [0.1, 0.15) is 17.3 Å². The highest BCUT2D eigenvalue weighted by molar-refractivity contribution is 5.99. The Bertz CT molecular complexity index is 1040. The molecule has 2 N–H and O–H groups in total. The van der Waals surface area contributed by atoms with Crippen molar-refractivity contribution in [1.29, 1.82) is 0 Å². The molecule has 9 nitrogen and oxygen atoms in total. The van der Waals surface area contributed by atoms with E-state index in [0.29, 0.717) is 11.4 Å². The van der Waals surface area contributed by atoms with Crippen LogP contribution in [-0.4, -0.2) is 44.3 Å². The lowest BCUT2D eigenvalue weighted by atomic mass is 10.1. The van der Waals surface area contributed by atoms with Gasteiger partial charge in [-0.15, -0.1) is 0 Å². The molecule has 3 rings (SSSR count). The molecular formula is C21H21N3O6. The van der Waals surface area contributed by atoms with Crippen LogP contribution < -0.4 is 21.0 Å². The van der Waals surface area contributed by atoms with Crippen LogP contribution in [0.25, 0.3) is 0 Å². The van der Waals surface area contributed by atoms with Crippen LogP contribution in [0.3, 0.4) is 0 Å². The van der Waals surface area contributed by atoms with Gasteiger partial charge in [0.05, 0.1) is 37.1 Å². The van der Waals surface area contributed by atoms with Crippen molar-refractivity contribution in [3.8, 4) is 0 Å². The minimum absolute atomic E-state index is 0.152. The number of hydrogen-bond acceptors (Lipinski definition) is 7. The maximum Gasteiger partial charge on any atom is 0.414 e. The number of anilines is 3. The van der Waals surface area contributed by atoms with Gasteiger partial charge in [-0.1, -0.05) is 18.2 Å². The van der Waals surface area contributed by atoms with Gasteiger partial charge in [0.25, 0.3) is 0 Å². The average molecular weight is 411 g/mol. The summed E-state index contributed by atoms with van der Waals surface area (Å²) in [6.45, 7) is 1.78. The zero-order valence-corrected chi connectivity index (χ0v) is 16.5. The molecule has 1 aliphatic heterocycles. The molecule has 2 amide bonds. The first-order chi connectivity index (χ1) is 14.4. The first-order valence-corrected chi connectivity index (χ1v) is 9.20. The topological polar surface area (TPSA) is 114 Å². The van der Waals surface area contributed by atoms with E-state index in [-0.39, 0.29) is 35.7 Å². The number of rotatable bonds is 6. The fourth-order valence-corrected chi connectivity index (χ4v) is 2.96. The molecule has 0 aliphatic carbocycles. The number of cyclic esters (lactones) is 1. The Balaban J connectivity index is 1.89. The number of methoxy groups -OCH3 is 1. The first-order valence-electron chi connectivity index (χ1n) is 9.20. The monoisotopic (exact) mass is 411 g/mol. The number of carbonyl (C=O) groups is 3. The quantitative estimate of drug-likeness (QED) is 0.699. The smallest absolute Gasteiger partial charge is 0.414 e. The van der Waals surface area contributed by atoms with E-state index in [1.165, 1.54) is 31.1 Å². The van der Waals surface area contributed by atoms with Crippen LogP contribution in [-0.2, 0) is 14.3 Å². The molecule has 9 heteroatoms. The fraction of sp³-hybridized carbons (Fsp3) is 0.238. The Morgan fingerprint density at radius 3 is 2.63 bits per heavy atom. The van der Waals surface area contributed by atoms with Gasteiger partial charge in [-0.25, -0.2) is 9.59 Å². The molecule has 1 unspecified atom stereocenters. The van der Waals surface area contributed by atoms with E-state index >= 15 is 0 Å². The van der Waals surface area contributed by atoms with Gasteiger partial charge in [-0.3, -0.25) is 14.5 Å². The summed E-state index contributed by atoms with van der Waals surface area (Å²) < 4.78 is 10.1. The molecule has 0 bridgehead atoms. The van der Waals surface area contributed by atoms with Crippen LogP contribution in [0.5, 0.6) is 0 Å². The Morgan fingerprint density at radius 2 is 1.90 bits per heavy atom. The molecule has 1 aliphatic rings. The molecular weight excluding hydrogens is 390 g/mol. The first kappa shape index (κ1) is 20.8. The van der Waals surface area contributed by atoms with Gasteiger partial charge in [-0.05, 0) is 30.3 Å². The highest BCUT2D eigenvalue weighted by Gasteiger charge is 2.33. The molecule has 0 aromatic heterocycles. The van der Waals surface area contributed by atoms with E-state index in [1.807, 2.05) is 0 Å². The van der Waals surface area contributed by atoms with Crippen molar-refractivity contribution in [3.05, 3.63) is 64.3 Å². The normalized spacial score (nSPS) is 15.3. The molecule has 1 fully saturated rings. The molecule has 0 saturated carbocycles. The fourth-order valence-electron chi connectivity index (χ4n) is 2.96. The van der Waals surface area contributed by atoms with Gasteiger partial charge in [0.15, 0.2) is 0 Å². The van der Waals surface area contributed by atoms with E-state index in [0.717, 1.165) is 0 Å². The van der Waals surface area contributed by atoms with Gasteiger partial charge < -0.3 is 20.1 Å². The van der Waals surface area contributed by atoms with Crippen molar-refractivity contribution in [1.82, 2.24) is 5.32 Å². The Morgan fingerprint density at radius 1 is 1.13 bits per heavy atom. The Kier molecular flexibility index (Phi) is 6.31. The van der Waals surface area contributed by atoms with Crippen molar-refractivity contribution in [2.75, 3.05) is 30.4 Å². The van der Waals surface area contributed by atoms with Crippen LogP contribution in [0.4, 0.5) is 21.9 Å². The molecule has 0 radical (unpaired) electrons. The van der Waals surface area contributed by atoms with Crippen LogP contribution in [0.2, 0.25) is 0 Å². The number of nitrogens with one attached hydrogen (secondary N) is 2. The van der Waals surface area contributed by atoms with Crippen LogP contribution >= 0.6 is 0 Å². The number of nitrogens with zero attached hydrogens (tertiary/aromatic N) is 1. The van der Waals surface area contributed by atoms with Crippen molar-refractivity contribution in [2.45, 2.75) is 13.0 Å². The maximum atomic E-state index is 12.3. The van der Waals surface area contributed by atoms with E-state index in [2.05, 4.69) is 10.6 Å². The number of hydrogen-bond donors (Lipinski definition) is 2. The molecule has 156 valence electrons. The standard InChI is InChI=1S/C21H21N3O6/c1-13(25)22-11-15-12-24(21(28)30-15)14-8-9-17(16(10-14)20(27)29-2)23-18-6-4-3-5-7-19(18)26/h3-10,15H,11-12H2,1-2H3,(H,22,25)(H,23,26). The summed E-state index contributed by atoms with van der Waals surface area (Å²) in [4.78, 5) is 49.2. The molecule has 1 heterocycles. The zero-order valence-electron chi connectivity index (χ0n) is 16.5. The molecule has 1 atom stereocenters. The number of carbonyl (C=O) groups excluding carboxylic acids is 3. The predicted octanol–water partition coefficient (Wildman–Crippen LogP) is 2.04. The summed E-state index contributed by atoms with van der Waals surface area (Å²) in [7, 11) is 1.24. The molecule has 2 aromatic carbocycles. The maximum absolute atomic E-state index is 12.3. The van der Waals surface area contributed by atoms with Gasteiger partial charge >= 0.3 is 12.1 Å². The number of benzene rings is 1. The third-order valence-electron chi connectivity index (χ3n) is 4.44. The van der Waals surface area contributed by atoms with E-state index in [1.54, 1.807) is 36.4 Å². The van der Waals surface area contributed by atoms with Crippen LogP contribution in [0.15, 0.2) is 53.3 Å². The van der Waals surface area contributed by atoms with Crippen molar-refractivity contribution in [3.63, 3.8) is 0 Å². The Hall–Kier alpha value is -3.88. The third-order valence-corrected chi connectivity index (χ3v) is 4.44. The minimum Gasteiger partial charge on any atom is -0.465 e. The van der Waals surface area contributed by atoms with Crippen molar-refractivity contribution in [2.24, 2.45) is 0 Å². The Labute approximate surface area is 172 Å². The molecule has 30 heavy (non-hydrogen) atoms. The summed E-state index contributed by atoms with van der Waals surface area (Å²) in [6.07, 6.45) is -1.09. The molecule has 2 aromatic rings. The lowest BCUT2D eigenvalue weighted by molar-refractivity contribution is -0.119. The van der Waals surface area contributed by atoms with Gasteiger partial charge in [0.2, 0.25) is 11.3 Å². The van der Waals surface area contributed by atoms with E-state index in [9.17, 15) is 19.2 Å². The average Bonchev–Trinajstić information content (AvgIpc) is 2.98. The molecule has 0 spiro atoms. The summed E-state index contributed by atoms with van der Waals surface area (Å²) in [6, 6.07) is 12.7. The predicted molar refractivity (Wildman–Crippen MR) is 110 cm³/mol. The number of amides is 2. The summed E-state index contributed by atoms with van der Waals surface area (Å²) in [5, 5.41) is 5.56. The second-order valence-corrected chi connectivity index (χ2v) is 6.59. The van der Waals surface area contributed by atoms with E-state index in [4.69, 9.17) is 9.47 Å². The van der Waals surface area contributed by atoms with Crippen molar-refractivity contribution >= 4 is 35.0 Å². The SMILES string of the molecule is COC(=O)c1cc(N2CC(CNC(C)=O)OC2=O)ccc1Nc1cccccc1=O. The second-order valence-electron chi connectivity index (χ2n) is 6.59. The lowest BCUT2D eigenvalue weighted by Crippen LogP contribution is -2.33. The summed E-state index contributed by atoms with van der Waals surface area (Å²) in [5.74, 6) is -0.852. The summed E-state index contributed by atoms with van der Waals surface area (Å²) >= 11 is 0. The molecule has 1 saturated heterocycles. The summed E-state index contributed by atoms with van der Waals surface area (Å²) in [5.41, 5.74) is 0.977. The van der Waals surface area contributed by atoms with Gasteiger partial charge in [-0.2, -0.15) is 0 Å². The largest absolute Gasteiger partial charge is 0.465 e. The minimum atomic E-state index is -0.630. The highest BCUT2D eigenvalue weighted by Crippen LogP contribution is 2.28. The number of ether oxygens (including phenoxy) is 2. The number of esters is 1. The van der Waals surface area contributed by atoms with Gasteiger partial charge in [0, 0.05) is 12.6 Å². The van der Waals surface area contributed by atoms with E-state index < -0.39 is 18.2 Å². The van der Waals surface area contributed by atoms with Gasteiger partial charge in [0.1, 0.15) is 6.10 Å². The third kappa shape index (κ3) is 4.75. The lowest BCUT2D eigenvalue weighted by Gasteiger charge is -2.17. The second kappa shape index (κ2) is 9.08.